The van der Waals surface area contributed by atoms with Gasteiger partial charge in [0.25, 0.3) is 5.91 Å². The van der Waals surface area contributed by atoms with Gasteiger partial charge in [0.05, 0.1) is 40.8 Å². The molecule has 40 heavy (non-hydrogen) atoms. The number of aliphatic hydroxyl groups excluding tert-OH is 1. The monoisotopic (exact) mass is 561 g/mol. The molecule has 4 heterocycles. The van der Waals surface area contributed by atoms with Crippen LogP contribution in [0.3, 0.4) is 0 Å². The van der Waals surface area contributed by atoms with Crippen LogP contribution in [0, 0.1) is 18.8 Å². The second-order valence-electron chi connectivity index (χ2n) is 11.2. The summed E-state index contributed by atoms with van der Waals surface area (Å²) in [6, 6.07) is 12.6. The van der Waals surface area contributed by atoms with E-state index in [0.717, 1.165) is 5.56 Å². The zero-order valence-corrected chi connectivity index (χ0v) is 23.4. The summed E-state index contributed by atoms with van der Waals surface area (Å²) in [5.74, 6) is -2.80. The van der Waals surface area contributed by atoms with Gasteiger partial charge >= 0.3 is 0 Å². The summed E-state index contributed by atoms with van der Waals surface area (Å²) in [7, 11) is 1.70. The number of hydrogen-bond acceptors (Lipinski definition) is 5. The summed E-state index contributed by atoms with van der Waals surface area (Å²) in [6.45, 7) is 3.89. The van der Waals surface area contributed by atoms with Crippen LogP contribution < -0.4 is 4.90 Å². The number of rotatable bonds is 4. The second-order valence-corrected chi connectivity index (χ2v) is 11.6. The molecular weight excluding hydrogens is 530 g/mol. The van der Waals surface area contributed by atoms with E-state index >= 15 is 0 Å². The molecule has 2 aromatic carbocycles. The minimum absolute atomic E-state index is 0.208. The predicted molar refractivity (Wildman–Crippen MR) is 151 cm³/mol. The summed E-state index contributed by atoms with van der Waals surface area (Å²) in [5, 5.41) is 11.1. The molecule has 0 radical (unpaired) electrons. The van der Waals surface area contributed by atoms with E-state index in [1.165, 1.54) is 4.90 Å². The molecule has 1 N–H and O–H groups in total. The first-order valence-corrected chi connectivity index (χ1v) is 13.9. The van der Waals surface area contributed by atoms with Gasteiger partial charge in [-0.1, -0.05) is 78.4 Å². The molecule has 9 heteroatoms. The normalized spacial score (nSPS) is 32.1. The zero-order valence-electron chi connectivity index (χ0n) is 22.7. The van der Waals surface area contributed by atoms with Crippen molar-refractivity contribution in [3.63, 3.8) is 0 Å². The molecule has 2 saturated heterocycles. The molecular formula is C31H32ClN3O5. The summed E-state index contributed by atoms with van der Waals surface area (Å²) in [4.78, 5) is 47.8. The van der Waals surface area contributed by atoms with E-state index in [4.69, 9.17) is 16.3 Å². The maximum Gasteiger partial charge on any atom is 0.253 e. The Morgan fingerprint density at radius 3 is 2.40 bits per heavy atom. The van der Waals surface area contributed by atoms with Crippen LogP contribution in [0.1, 0.15) is 24.1 Å². The van der Waals surface area contributed by atoms with Crippen LogP contribution in [-0.4, -0.2) is 76.6 Å². The third-order valence-corrected chi connectivity index (χ3v) is 9.15. The molecule has 2 fully saturated rings. The van der Waals surface area contributed by atoms with Crippen LogP contribution in [0.25, 0.3) is 0 Å². The van der Waals surface area contributed by atoms with E-state index in [-0.39, 0.29) is 18.4 Å². The highest BCUT2D eigenvalue weighted by Crippen LogP contribution is 2.59. The Morgan fingerprint density at radius 1 is 0.975 bits per heavy atom. The Labute approximate surface area is 238 Å². The van der Waals surface area contributed by atoms with E-state index in [2.05, 4.69) is 0 Å². The van der Waals surface area contributed by atoms with E-state index in [1.807, 2.05) is 74.5 Å². The lowest BCUT2D eigenvalue weighted by Gasteiger charge is -2.40. The van der Waals surface area contributed by atoms with Crippen LogP contribution in [0.2, 0.25) is 5.02 Å². The Hall–Kier alpha value is -3.46. The highest BCUT2D eigenvalue weighted by molar-refractivity contribution is 6.34. The van der Waals surface area contributed by atoms with Gasteiger partial charge in [0, 0.05) is 20.1 Å². The van der Waals surface area contributed by atoms with E-state index in [0.29, 0.717) is 22.8 Å². The Morgan fingerprint density at radius 2 is 1.70 bits per heavy atom. The molecule has 2 aromatic rings. The lowest BCUT2D eigenvalue weighted by molar-refractivity contribution is -0.151. The number of ether oxygens (including phenoxy) is 1. The van der Waals surface area contributed by atoms with Crippen molar-refractivity contribution < 1.29 is 24.2 Å². The van der Waals surface area contributed by atoms with Gasteiger partial charge in [-0.3, -0.25) is 14.4 Å². The number of aryl methyl sites for hydroxylation is 1. The third-order valence-electron chi connectivity index (χ3n) is 8.85. The van der Waals surface area contributed by atoms with Gasteiger partial charge in [0.15, 0.2) is 0 Å². The molecule has 8 nitrogen and oxygen atoms in total. The lowest BCUT2D eigenvalue weighted by atomic mass is 9.74. The standard InChI is InChI=1S/C31H32ClN3O5/c1-19-10-7-13-21(32)25(19)34-17-9-15-31-24(23-27(37)33(3)16-8-14-30(23,2)40-31)28(38)35(26(31)29(34)39)22(18-36)20-11-5-4-6-12-20/h4-15,22-24,26,36H,16-18H2,1-3H3/t22-,23+,24+,26?,30-,31+/m1/s1. The Balaban J connectivity index is 1.57. The van der Waals surface area contributed by atoms with Crippen LogP contribution >= 0.6 is 11.6 Å². The number of amides is 3. The highest BCUT2D eigenvalue weighted by Gasteiger charge is 2.75. The van der Waals surface area contributed by atoms with Crippen molar-refractivity contribution in [3.8, 4) is 0 Å². The number of benzene rings is 2. The van der Waals surface area contributed by atoms with Crippen LogP contribution in [0.4, 0.5) is 5.69 Å². The number of carbonyl (C=O) groups excluding carboxylic acids is 3. The lowest BCUT2D eigenvalue weighted by Crippen LogP contribution is -2.57. The molecule has 208 valence electrons. The zero-order chi connectivity index (χ0) is 28.4. The predicted octanol–water partition coefficient (Wildman–Crippen LogP) is 3.28. The van der Waals surface area contributed by atoms with Gasteiger partial charge < -0.3 is 24.5 Å². The maximum absolute atomic E-state index is 14.8. The quantitative estimate of drug-likeness (QED) is 0.579. The van der Waals surface area contributed by atoms with Gasteiger partial charge in [-0.2, -0.15) is 0 Å². The first-order chi connectivity index (χ1) is 19.1. The van der Waals surface area contributed by atoms with Crippen molar-refractivity contribution in [2.24, 2.45) is 11.8 Å². The molecule has 3 amide bonds. The average Bonchev–Trinajstić information content (AvgIpc) is 3.21. The van der Waals surface area contributed by atoms with Crippen molar-refractivity contribution >= 4 is 35.0 Å². The smallest absolute Gasteiger partial charge is 0.253 e. The second kappa shape index (κ2) is 9.58. The van der Waals surface area contributed by atoms with Gasteiger partial charge in [-0.25, -0.2) is 0 Å². The number of halogens is 1. The van der Waals surface area contributed by atoms with E-state index in [9.17, 15) is 19.5 Å². The van der Waals surface area contributed by atoms with Crippen molar-refractivity contribution in [2.45, 2.75) is 37.1 Å². The van der Waals surface area contributed by atoms with Gasteiger partial charge in [0.2, 0.25) is 11.8 Å². The molecule has 4 aliphatic heterocycles. The largest absolute Gasteiger partial charge is 0.394 e. The Kier molecular flexibility index (Phi) is 6.40. The number of nitrogens with zero attached hydrogens (tertiary/aromatic N) is 3. The van der Waals surface area contributed by atoms with Crippen molar-refractivity contribution in [3.05, 3.63) is 89.0 Å². The van der Waals surface area contributed by atoms with Crippen LogP contribution in [-0.2, 0) is 19.1 Å². The molecule has 0 aromatic heterocycles. The van der Waals surface area contributed by atoms with Crippen molar-refractivity contribution in [1.29, 1.82) is 0 Å². The van der Waals surface area contributed by atoms with Crippen molar-refractivity contribution in [2.75, 3.05) is 31.6 Å². The topological polar surface area (TPSA) is 90.4 Å². The number of carbonyl (C=O) groups is 3. The highest BCUT2D eigenvalue weighted by atomic mass is 35.5. The molecule has 4 aliphatic rings. The Bertz CT molecular complexity index is 1420. The summed E-state index contributed by atoms with van der Waals surface area (Å²) in [6.07, 6.45) is 7.34. The summed E-state index contributed by atoms with van der Waals surface area (Å²) < 4.78 is 6.85. The van der Waals surface area contributed by atoms with Gasteiger partial charge in [0.1, 0.15) is 11.6 Å². The van der Waals surface area contributed by atoms with Crippen LogP contribution in [0.15, 0.2) is 72.8 Å². The minimum Gasteiger partial charge on any atom is -0.394 e. The number of anilines is 1. The first-order valence-electron chi connectivity index (χ1n) is 13.5. The number of likely N-dealkylation sites (tertiary alicyclic amines) is 1. The molecule has 1 unspecified atom stereocenters. The maximum atomic E-state index is 14.8. The number of hydrogen-bond donors (Lipinski definition) is 1. The SMILES string of the molecule is Cc1cccc(Cl)c1N1CC=C[C@]23O[C@]4(C)C=CCN(C)C(=O)[C@@H]4[C@H]2C(=O)N([C@H](CO)c2ccccc2)C3C1=O. The molecule has 1 spiro atoms. The van der Waals surface area contributed by atoms with Gasteiger partial charge in [-0.15, -0.1) is 0 Å². The number of fused-ring (bicyclic) bond motifs is 2. The fourth-order valence-electron chi connectivity index (χ4n) is 7.11. The average molecular weight is 562 g/mol. The van der Waals surface area contributed by atoms with Crippen molar-refractivity contribution in [1.82, 2.24) is 9.80 Å². The fraction of sp³-hybridized carbons (Fsp3) is 0.387. The van der Waals surface area contributed by atoms with E-state index in [1.54, 1.807) is 29.0 Å². The fourth-order valence-corrected chi connectivity index (χ4v) is 7.44. The first kappa shape index (κ1) is 26.7. The molecule has 0 saturated carbocycles. The minimum atomic E-state index is -1.43. The van der Waals surface area contributed by atoms with Gasteiger partial charge in [-0.05, 0) is 31.0 Å². The van der Waals surface area contributed by atoms with E-state index < -0.39 is 47.6 Å². The molecule has 0 bridgehead atoms. The number of aliphatic hydroxyl groups is 1. The molecule has 0 aliphatic carbocycles. The molecule has 6 atom stereocenters. The summed E-state index contributed by atoms with van der Waals surface area (Å²) in [5.41, 5.74) is -0.488. The van der Waals surface area contributed by atoms with Crippen LogP contribution in [0.5, 0.6) is 0 Å². The summed E-state index contributed by atoms with van der Waals surface area (Å²) >= 11 is 6.63. The number of likely N-dealkylation sites (N-methyl/N-ethyl adjacent to an activating group) is 1. The third kappa shape index (κ3) is 3.70. The number of para-hydroxylation sites is 1. The molecule has 6 rings (SSSR count).